The van der Waals surface area contributed by atoms with E-state index in [0.29, 0.717) is 51.4 Å². The van der Waals surface area contributed by atoms with Crippen LogP contribution >= 0.6 is 0 Å². The maximum absolute atomic E-state index is 15.5. The number of alkyl halides is 2. The van der Waals surface area contributed by atoms with Gasteiger partial charge in [-0.2, -0.15) is 17.2 Å². The molecule has 16 heteroatoms. The lowest BCUT2D eigenvalue weighted by Gasteiger charge is -2.67. The summed E-state index contributed by atoms with van der Waals surface area (Å²) in [4.78, 5) is 68.8. The van der Waals surface area contributed by atoms with Crippen LogP contribution in [0.1, 0.15) is 154 Å². The number of hydrogen-bond acceptors (Lipinski definition) is 12. The summed E-state index contributed by atoms with van der Waals surface area (Å²) in [6.07, 6.45) is 7.23. The van der Waals surface area contributed by atoms with Gasteiger partial charge in [0, 0.05) is 41.4 Å². The van der Waals surface area contributed by atoms with Gasteiger partial charge in [0.25, 0.3) is 0 Å². The first-order chi connectivity index (χ1) is 35.1. The number of carbonyl (C=O) groups excluding carboxylic acids is 5. The molecule has 1 saturated heterocycles. The van der Waals surface area contributed by atoms with Crippen molar-refractivity contribution in [3.8, 4) is 11.1 Å². The van der Waals surface area contributed by atoms with Crippen molar-refractivity contribution in [3.63, 3.8) is 0 Å². The number of ketones is 2. The molecule has 1 N–H and O–H groups in total. The van der Waals surface area contributed by atoms with E-state index in [1.807, 2.05) is 24.3 Å². The molecule has 1 aliphatic heterocycles. The van der Waals surface area contributed by atoms with E-state index in [9.17, 15) is 36.9 Å². The van der Waals surface area contributed by atoms with E-state index in [-0.39, 0.29) is 115 Å². The van der Waals surface area contributed by atoms with Gasteiger partial charge in [0.1, 0.15) is 30.4 Å². The van der Waals surface area contributed by atoms with Crippen molar-refractivity contribution < 1.29 is 69.4 Å². The lowest BCUT2D eigenvalue weighted by Crippen LogP contribution is -2.71. The van der Waals surface area contributed by atoms with E-state index >= 15 is 8.78 Å². The Kier molecular flexibility index (Phi) is 11.7. The monoisotopic (exact) mass is 1060 g/mol. The minimum atomic E-state index is -6.21. The number of benzene rings is 2. The van der Waals surface area contributed by atoms with Gasteiger partial charge in [-0.1, -0.05) is 84.0 Å². The Balaban J connectivity index is 0.859. The molecule has 12 bridgehead atoms. The molecule has 12 aliphatic carbocycles. The second-order valence-electron chi connectivity index (χ2n) is 27.8. The van der Waals surface area contributed by atoms with Gasteiger partial charge < -0.3 is 23.7 Å². The van der Waals surface area contributed by atoms with Crippen LogP contribution in [0.5, 0.6) is 0 Å². The molecule has 0 aromatic heterocycles. The standard InChI is InChI=1S/C59H72F2O13S/c1-52(2,3)40-9-7-34(8-10-40)44-12-11-41(53(4,5)6)19-45(44)46-35-17-42-26-57(46,74-51(66)59(60,61)75(67,68)69)27-43(18-35)58(42)72-30-54(31-73-58,28-70-49(64)55-20-32-13-36(22-55)47(62)37(14-32)23-55)29-71-50(65)56-21-33-15-38(24-56)48(63)39(16-33)25-56/h7-12,19,32-33,35-39,42-43,46H,13-18,20-31H2,1-6H3,(H,67,68,69). The van der Waals surface area contributed by atoms with Gasteiger partial charge in [-0.05, 0) is 146 Å². The highest BCUT2D eigenvalue weighted by molar-refractivity contribution is 7.87. The van der Waals surface area contributed by atoms with Gasteiger partial charge in [-0.3, -0.25) is 23.7 Å². The highest BCUT2D eigenvalue weighted by atomic mass is 32.2. The molecular formula is C59H72F2O13S. The lowest BCUT2D eigenvalue weighted by atomic mass is 9.45. The topological polar surface area (TPSA) is 186 Å². The van der Waals surface area contributed by atoms with Crippen LogP contribution in [0.25, 0.3) is 11.1 Å². The molecular weight excluding hydrogens is 987 g/mol. The first-order valence-corrected chi connectivity index (χ1v) is 29.0. The van der Waals surface area contributed by atoms with Crippen molar-refractivity contribution in [2.24, 2.45) is 69.5 Å². The summed E-state index contributed by atoms with van der Waals surface area (Å²) < 4.78 is 97.8. The van der Waals surface area contributed by atoms with Gasteiger partial charge in [0.15, 0.2) is 5.79 Å². The molecule has 7 atom stereocenters. The second kappa shape index (κ2) is 16.9. The molecule has 1 heterocycles. The third kappa shape index (κ3) is 8.14. The van der Waals surface area contributed by atoms with Crippen molar-refractivity contribution in [1.29, 1.82) is 0 Å². The Morgan fingerprint density at radius 1 is 0.653 bits per heavy atom. The van der Waals surface area contributed by atoms with Crippen LogP contribution in [0.3, 0.4) is 0 Å². The highest BCUT2D eigenvalue weighted by Gasteiger charge is 2.72. The zero-order valence-electron chi connectivity index (χ0n) is 44.1. The molecule has 2 aromatic rings. The fourth-order valence-corrected chi connectivity index (χ4v) is 17.8. The largest absolute Gasteiger partial charge is 0.465 e. The van der Waals surface area contributed by atoms with E-state index < -0.39 is 66.7 Å². The van der Waals surface area contributed by atoms with Crippen molar-refractivity contribution in [1.82, 2.24) is 0 Å². The summed E-state index contributed by atoms with van der Waals surface area (Å²) in [6.45, 7) is 12.1. The van der Waals surface area contributed by atoms with Gasteiger partial charge in [-0.15, -0.1) is 0 Å². The molecule has 1 spiro atoms. The molecule has 0 amide bonds. The third-order valence-electron chi connectivity index (χ3n) is 20.8. The van der Waals surface area contributed by atoms with E-state index in [1.165, 1.54) is 0 Å². The smallest absolute Gasteiger partial charge is 0.464 e. The second-order valence-corrected chi connectivity index (χ2v) is 29.3. The average molecular weight is 1060 g/mol. The van der Waals surface area contributed by atoms with Gasteiger partial charge in [-0.25, -0.2) is 4.79 Å². The number of rotatable bonds is 11. The molecule has 406 valence electrons. The Labute approximate surface area is 438 Å². The van der Waals surface area contributed by atoms with Crippen molar-refractivity contribution in [2.75, 3.05) is 26.4 Å². The van der Waals surface area contributed by atoms with E-state index in [4.69, 9.17) is 23.7 Å². The number of esters is 3. The van der Waals surface area contributed by atoms with Gasteiger partial charge in [0.05, 0.1) is 29.5 Å². The van der Waals surface area contributed by atoms with Crippen LogP contribution in [0, 0.1) is 69.5 Å². The minimum Gasteiger partial charge on any atom is -0.464 e. The predicted molar refractivity (Wildman–Crippen MR) is 267 cm³/mol. The normalized spacial score (nSPS) is 40.3. The lowest BCUT2D eigenvalue weighted by molar-refractivity contribution is -0.399. The maximum atomic E-state index is 15.5. The Bertz CT molecular complexity index is 2730. The Morgan fingerprint density at radius 2 is 1.11 bits per heavy atom. The van der Waals surface area contributed by atoms with Gasteiger partial charge >= 0.3 is 33.3 Å². The summed E-state index contributed by atoms with van der Waals surface area (Å²) in [6, 6.07) is 14.3. The predicted octanol–water partition coefficient (Wildman–Crippen LogP) is 9.85. The first kappa shape index (κ1) is 51.6. The third-order valence-corrected chi connectivity index (χ3v) is 21.6. The Hall–Kier alpha value is -4.12. The number of ether oxygens (including phenoxy) is 5. The first-order valence-electron chi connectivity index (χ1n) is 27.6. The van der Waals surface area contributed by atoms with E-state index in [1.54, 1.807) is 0 Å². The molecule has 2 aromatic carbocycles. The van der Waals surface area contributed by atoms with Crippen LogP contribution in [-0.2, 0) is 68.6 Å². The molecule has 7 unspecified atom stereocenters. The number of Topliss-reactive ketones (excluding diaryl/α,β-unsaturated/α-hetero) is 2. The van der Waals surface area contributed by atoms with Crippen molar-refractivity contribution in [2.45, 2.75) is 165 Å². The maximum Gasteiger partial charge on any atom is 0.465 e. The van der Waals surface area contributed by atoms with Crippen LogP contribution in [0.15, 0.2) is 42.5 Å². The Morgan fingerprint density at radius 3 is 1.55 bits per heavy atom. The molecule has 0 radical (unpaired) electrons. The number of halogens is 2. The fraction of sp³-hybridized carbons (Fsp3) is 0.712. The molecule has 75 heavy (non-hydrogen) atoms. The fourth-order valence-electron chi connectivity index (χ4n) is 17.6. The summed E-state index contributed by atoms with van der Waals surface area (Å²) in [7, 11) is -6.21. The molecule has 13 nitrogen and oxygen atoms in total. The van der Waals surface area contributed by atoms with E-state index in [2.05, 4.69) is 59.7 Å². The van der Waals surface area contributed by atoms with Crippen LogP contribution in [0.4, 0.5) is 8.78 Å². The molecule has 15 rings (SSSR count). The summed E-state index contributed by atoms with van der Waals surface area (Å²) in [5.41, 5.74) is -0.313. The molecule has 12 saturated carbocycles. The zero-order valence-corrected chi connectivity index (χ0v) is 44.9. The van der Waals surface area contributed by atoms with Gasteiger partial charge in [0.2, 0.25) is 0 Å². The minimum absolute atomic E-state index is 0.0352. The SMILES string of the molecule is CC(C)(C)c1ccc(-c2ccc(C(C)(C)C)cc2C2C3CC4CC2(OC(=O)C(F)(F)S(=O)(=O)O)CC(C3)C42OCC(COC(=O)C34CC5CC(C3)C(=O)C(C5)C4)(COC(=O)C34CC5CC(C3)C(=O)C(C5)C4)CO2)cc1. The quantitative estimate of drug-likeness (QED) is 0.127. The summed E-state index contributed by atoms with van der Waals surface area (Å²) >= 11 is 0. The van der Waals surface area contributed by atoms with Crippen LogP contribution < -0.4 is 0 Å². The average Bonchev–Trinajstić information content (AvgIpc) is 3.33. The van der Waals surface area contributed by atoms with E-state index in [0.717, 1.165) is 53.5 Å². The van der Waals surface area contributed by atoms with Crippen LogP contribution in [0.2, 0.25) is 0 Å². The zero-order chi connectivity index (χ0) is 53.3. The van der Waals surface area contributed by atoms with Crippen LogP contribution in [-0.4, -0.2) is 85.5 Å². The molecule has 13 fully saturated rings. The number of carbonyl (C=O) groups is 5. The van der Waals surface area contributed by atoms with Crippen molar-refractivity contribution >= 4 is 39.6 Å². The molecule has 13 aliphatic rings. The highest BCUT2D eigenvalue weighted by Crippen LogP contribution is 2.69. The summed E-state index contributed by atoms with van der Waals surface area (Å²) in [5.74, 6) is -6.01. The number of hydrogen-bond donors (Lipinski definition) is 1. The summed E-state index contributed by atoms with van der Waals surface area (Å²) in [5, 5.41) is -5.25. The van der Waals surface area contributed by atoms with Crippen molar-refractivity contribution in [3.05, 3.63) is 59.2 Å².